The molecule has 0 heterocycles. The first-order valence-electron chi connectivity index (χ1n) is 4.90. The molecule has 1 atom stereocenters. The molecule has 1 aromatic rings. The number of benzene rings is 1. The molecular formula is C12H16O3. The highest BCUT2D eigenvalue weighted by atomic mass is 16.4. The van der Waals surface area contributed by atoms with Crippen LogP contribution in [0.2, 0.25) is 0 Å². The predicted molar refractivity (Wildman–Crippen MR) is 57.4 cm³/mol. The van der Waals surface area contributed by atoms with Gasteiger partial charge in [-0.1, -0.05) is 30.3 Å². The van der Waals surface area contributed by atoms with Gasteiger partial charge in [0.2, 0.25) is 0 Å². The Bertz CT molecular complexity index is 330. The smallest absolute Gasteiger partial charge is 0.309 e. The van der Waals surface area contributed by atoms with Crippen molar-refractivity contribution >= 4 is 5.97 Å². The predicted octanol–water partition coefficient (Wildman–Crippen LogP) is 2.22. The van der Waals surface area contributed by atoms with Crippen LogP contribution in [0.4, 0.5) is 0 Å². The zero-order chi connectivity index (χ0) is 11.5. The minimum Gasteiger partial charge on any atom is -0.481 e. The highest BCUT2D eigenvalue weighted by Crippen LogP contribution is 2.29. The standard InChI is InChI=1S/C12H16O3/c1-12(2,11(14)15)8-10(13)9-6-4-3-5-7-9/h3-7,10,13H,8H2,1-2H3,(H,14,15)/t10-/m1/s1. The number of aliphatic carboxylic acids is 1. The van der Waals surface area contributed by atoms with Crippen LogP contribution in [0.25, 0.3) is 0 Å². The highest BCUT2D eigenvalue weighted by molar-refractivity contribution is 5.73. The van der Waals surface area contributed by atoms with Crippen molar-refractivity contribution in [3.05, 3.63) is 35.9 Å². The number of carboxylic acid groups (broad SMARTS) is 1. The summed E-state index contributed by atoms with van der Waals surface area (Å²) < 4.78 is 0. The van der Waals surface area contributed by atoms with Gasteiger partial charge in [0, 0.05) is 0 Å². The highest BCUT2D eigenvalue weighted by Gasteiger charge is 2.30. The van der Waals surface area contributed by atoms with Crippen molar-refractivity contribution in [1.29, 1.82) is 0 Å². The van der Waals surface area contributed by atoms with Crippen LogP contribution < -0.4 is 0 Å². The number of carboxylic acids is 1. The topological polar surface area (TPSA) is 57.5 Å². The third kappa shape index (κ3) is 3.06. The van der Waals surface area contributed by atoms with Gasteiger partial charge in [0.05, 0.1) is 11.5 Å². The number of hydrogen-bond donors (Lipinski definition) is 2. The molecule has 3 nitrogen and oxygen atoms in total. The van der Waals surface area contributed by atoms with E-state index in [2.05, 4.69) is 0 Å². The van der Waals surface area contributed by atoms with Crippen LogP contribution in [0.3, 0.4) is 0 Å². The van der Waals surface area contributed by atoms with Gasteiger partial charge in [-0.2, -0.15) is 0 Å². The van der Waals surface area contributed by atoms with Crippen molar-refractivity contribution in [2.75, 3.05) is 0 Å². The molecule has 0 unspecified atom stereocenters. The molecule has 0 spiro atoms. The molecule has 0 aliphatic carbocycles. The lowest BCUT2D eigenvalue weighted by Gasteiger charge is -2.22. The average molecular weight is 208 g/mol. The molecule has 15 heavy (non-hydrogen) atoms. The van der Waals surface area contributed by atoms with E-state index < -0.39 is 17.5 Å². The Kier molecular flexibility index (Phi) is 3.48. The summed E-state index contributed by atoms with van der Waals surface area (Å²) in [6.45, 7) is 3.23. The Balaban J connectivity index is 2.72. The summed E-state index contributed by atoms with van der Waals surface area (Å²) in [5.41, 5.74) is -0.151. The van der Waals surface area contributed by atoms with Crippen molar-refractivity contribution < 1.29 is 15.0 Å². The largest absolute Gasteiger partial charge is 0.481 e. The minimum absolute atomic E-state index is 0.215. The Labute approximate surface area is 89.4 Å². The molecule has 0 saturated carbocycles. The molecule has 1 rings (SSSR count). The van der Waals surface area contributed by atoms with Gasteiger partial charge in [-0.15, -0.1) is 0 Å². The van der Waals surface area contributed by atoms with Crippen LogP contribution in [-0.2, 0) is 4.79 Å². The van der Waals surface area contributed by atoms with E-state index in [9.17, 15) is 9.90 Å². The Morgan fingerprint density at radius 1 is 1.33 bits per heavy atom. The fraction of sp³-hybridized carbons (Fsp3) is 0.417. The third-order valence-corrected chi connectivity index (χ3v) is 2.47. The van der Waals surface area contributed by atoms with Crippen LogP contribution in [0.15, 0.2) is 30.3 Å². The first-order chi connectivity index (χ1) is 6.93. The van der Waals surface area contributed by atoms with Gasteiger partial charge >= 0.3 is 5.97 Å². The molecule has 0 fully saturated rings. The van der Waals surface area contributed by atoms with E-state index in [-0.39, 0.29) is 6.42 Å². The van der Waals surface area contributed by atoms with Gasteiger partial charge in [-0.25, -0.2) is 0 Å². The van der Waals surface area contributed by atoms with Crippen LogP contribution >= 0.6 is 0 Å². The third-order valence-electron chi connectivity index (χ3n) is 2.47. The molecule has 0 aliphatic rings. The van der Waals surface area contributed by atoms with Crippen LogP contribution in [-0.4, -0.2) is 16.2 Å². The van der Waals surface area contributed by atoms with Crippen molar-refractivity contribution in [3.8, 4) is 0 Å². The number of carbonyl (C=O) groups is 1. The van der Waals surface area contributed by atoms with E-state index in [1.807, 2.05) is 18.2 Å². The minimum atomic E-state index is -0.907. The van der Waals surface area contributed by atoms with Crippen molar-refractivity contribution in [2.45, 2.75) is 26.4 Å². The lowest BCUT2D eigenvalue weighted by Crippen LogP contribution is -2.26. The van der Waals surface area contributed by atoms with Crippen molar-refractivity contribution in [3.63, 3.8) is 0 Å². The molecule has 82 valence electrons. The van der Waals surface area contributed by atoms with Crippen LogP contribution in [0.1, 0.15) is 31.9 Å². The maximum atomic E-state index is 10.9. The van der Waals surface area contributed by atoms with E-state index in [1.54, 1.807) is 26.0 Å². The Morgan fingerprint density at radius 2 is 1.87 bits per heavy atom. The summed E-state index contributed by atoms with van der Waals surface area (Å²) in [5.74, 6) is -0.891. The zero-order valence-corrected chi connectivity index (χ0v) is 8.97. The summed E-state index contributed by atoms with van der Waals surface area (Å²) in [5, 5.41) is 18.8. The van der Waals surface area contributed by atoms with E-state index >= 15 is 0 Å². The number of rotatable bonds is 4. The average Bonchev–Trinajstić information content (AvgIpc) is 2.18. The van der Waals surface area contributed by atoms with E-state index in [1.165, 1.54) is 0 Å². The van der Waals surface area contributed by atoms with Gasteiger partial charge in [0.15, 0.2) is 0 Å². The molecule has 3 heteroatoms. The molecule has 0 bridgehead atoms. The fourth-order valence-corrected chi connectivity index (χ4v) is 1.36. The van der Waals surface area contributed by atoms with Gasteiger partial charge < -0.3 is 10.2 Å². The Morgan fingerprint density at radius 3 is 2.33 bits per heavy atom. The van der Waals surface area contributed by atoms with Crippen LogP contribution in [0, 0.1) is 5.41 Å². The van der Waals surface area contributed by atoms with Gasteiger partial charge in [-0.3, -0.25) is 4.79 Å². The second kappa shape index (κ2) is 4.45. The molecule has 0 saturated heterocycles. The monoisotopic (exact) mass is 208 g/mol. The lowest BCUT2D eigenvalue weighted by molar-refractivity contribution is -0.148. The van der Waals surface area contributed by atoms with Gasteiger partial charge in [0.1, 0.15) is 0 Å². The maximum Gasteiger partial charge on any atom is 0.309 e. The van der Waals surface area contributed by atoms with Crippen LogP contribution in [0.5, 0.6) is 0 Å². The molecule has 2 N–H and O–H groups in total. The molecule has 0 radical (unpaired) electrons. The first-order valence-corrected chi connectivity index (χ1v) is 4.90. The fourth-order valence-electron chi connectivity index (χ4n) is 1.36. The van der Waals surface area contributed by atoms with E-state index in [4.69, 9.17) is 5.11 Å². The summed E-state index contributed by atoms with van der Waals surface area (Å²) >= 11 is 0. The Hall–Kier alpha value is -1.35. The molecule has 0 aliphatic heterocycles. The van der Waals surface area contributed by atoms with E-state index in [0.717, 1.165) is 5.56 Å². The molecular weight excluding hydrogens is 192 g/mol. The number of hydrogen-bond acceptors (Lipinski definition) is 2. The second-order valence-electron chi connectivity index (χ2n) is 4.32. The molecule has 1 aromatic carbocycles. The quantitative estimate of drug-likeness (QED) is 0.797. The lowest BCUT2D eigenvalue weighted by atomic mass is 9.85. The molecule has 0 aromatic heterocycles. The summed E-state index contributed by atoms with van der Waals surface area (Å²) in [6, 6.07) is 9.10. The SMILES string of the molecule is CC(C)(C[C@@H](O)c1ccccc1)C(=O)O. The van der Waals surface area contributed by atoms with E-state index in [0.29, 0.717) is 0 Å². The number of aliphatic hydroxyl groups is 1. The van der Waals surface area contributed by atoms with Gasteiger partial charge in [-0.05, 0) is 25.8 Å². The summed E-state index contributed by atoms with van der Waals surface area (Å²) in [4.78, 5) is 10.9. The number of aliphatic hydroxyl groups excluding tert-OH is 1. The normalized spacial score (nSPS) is 13.5. The first kappa shape index (κ1) is 11.7. The summed E-state index contributed by atoms with van der Waals surface area (Å²) in [6.07, 6.45) is -0.510. The molecule has 0 amide bonds. The second-order valence-corrected chi connectivity index (χ2v) is 4.32. The maximum absolute atomic E-state index is 10.9. The zero-order valence-electron chi connectivity index (χ0n) is 8.97. The summed E-state index contributed by atoms with van der Waals surface area (Å²) in [7, 11) is 0. The van der Waals surface area contributed by atoms with Gasteiger partial charge in [0.25, 0.3) is 0 Å². The van der Waals surface area contributed by atoms with Crippen molar-refractivity contribution in [1.82, 2.24) is 0 Å². The van der Waals surface area contributed by atoms with Crippen molar-refractivity contribution in [2.24, 2.45) is 5.41 Å².